The lowest BCUT2D eigenvalue weighted by Gasteiger charge is -2.25. The predicted molar refractivity (Wildman–Crippen MR) is 108 cm³/mol. The molecule has 0 aliphatic heterocycles. The van der Waals surface area contributed by atoms with E-state index < -0.39 is 0 Å². The molecule has 0 bridgehead atoms. The fourth-order valence-electron chi connectivity index (χ4n) is 4.42. The van der Waals surface area contributed by atoms with Crippen LogP contribution in [0.15, 0.2) is 36.5 Å². The van der Waals surface area contributed by atoms with Gasteiger partial charge in [-0.3, -0.25) is 4.98 Å². The van der Waals surface area contributed by atoms with Crippen LogP contribution in [0.25, 0.3) is 22.2 Å². The topological polar surface area (TPSA) is 48.9 Å². The molecule has 3 heteroatoms. The summed E-state index contributed by atoms with van der Waals surface area (Å²) in [5.41, 5.74) is 7.48. The number of fused-ring (bicyclic) bond motifs is 1. The van der Waals surface area contributed by atoms with Gasteiger partial charge >= 0.3 is 0 Å². The van der Waals surface area contributed by atoms with Gasteiger partial charge in [-0.15, -0.1) is 0 Å². The van der Waals surface area contributed by atoms with Crippen LogP contribution in [0.1, 0.15) is 68.2 Å². The number of benzene rings is 1. The molecular weight excluding hydrogens is 320 g/mol. The van der Waals surface area contributed by atoms with E-state index in [1.807, 2.05) is 13.1 Å². The first-order valence-corrected chi connectivity index (χ1v) is 9.79. The van der Waals surface area contributed by atoms with E-state index in [4.69, 9.17) is 0 Å². The normalized spacial score (nSPS) is 20.8. The highest BCUT2D eigenvalue weighted by molar-refractivity contribution is 5.92. The van der Waals surface area contributed by atoms with Crippen molar-refractivity contribution in [3.05, 3.63) is 53.3 Å². The Morgan fingerprint density at radius 1 is 1.08 bits per heavy atom. The number of hydrogen-bond acceptors (Lipinski definition) is 2. The van der Waals surface area contributed by atoms with Crippen LogP contribution in [0.5, 0.6) is 0 Å². The van der Waals surface area contributed by atoms with Crippen LogP contribution in [-0.4, -0.2) is 21.2 Å². The van der Waals surface area contributed by atoms with Gasteiger partial charge in [-0.25, -0.2) is 0 Å². The first kappa shape index (κ1) is 17.3. The molecule has 0 amide bonds. The van der Waals surface area contributed by atoms with Crippen LogP contribution in [0.4, 0.5) is 0 Å². The van der Waals surface area contributed by atoms with E-state index in [9.17, 15) is 5.11 Å². The summed E-state index contributed by atoms with van der Waals surface area (Å²) in [5, 5.41) is 11.1. The molecule has 4 rings (SSSR count). The second-order valence-electron chi connectivity index (χ2n) is 8.06. The van der Waals surface area contributed by atoms with Crippen LogP contribution in [0.3, 0.4) is 0 Å². The summed E-state index contributed by atoms with van der Waals surface area (Å²) in [5.74, 6) is 1.01. The third-order valence-electron chi connectivity index (χ3n) is 5.79. The summed E-state index contributed by atoms with van der Waals surface area (Å²) >= 11 is 0. The summed E-state index contributed by atoms with van der Waals surface area (Å²) in [7, 11) is 0. The van der Waals surface area contributed by atoms with Crippen molar-refractivity contribution in [3.8, 4) is 11.3 Å². The number of nitrogens with zero attached hydrogens (tertiary/aromatic N) is 1. The highest BCUT2D eigenvalue weighted by atomic mass is 16.3. The number of aromatic nitrogens is 2. The van der Waals surface area contributed by atoms with Crippen LogP contribution in [0.2, 0.25) is 0 Å². The minimum Gasteiger partial charge on any atom is -0.393 e. The van der Waals surface area contributed by atoms with Crippen LogP contribution in [0, 0.1) is 6.92 Å². The third kappa shape index (κ3) is 3.16. The summed E-state index contributed by atoms with van der Waals surface area (Å²) in [4.78, 5) is 8.00. The molecule has 1 aliphatic rings. The van der Waals surface area contributed by atoms with Crippen molar-refractivity contribution < 1.29 is 5.11 Å². The van der Waals surface area contributed by atoms with Gasteiger partial charge in [0.2, 0.25) is 0 Å². The molecule has 1 aromatic carbocycles. The molecule has 2 heterocycles. The molecule has 3 nitrogen and oxygen atoms in total. The molecule has 0 spiro atoms. The largest absolute Gasteiger partial charge is 0.393 e. The standard InChI is InChI=1S/C23H28N2O/c1-14(2)22-20-13-17(16-4-7-19(26)8-5-16)6-9-21(20)25-23(22)18-10-11-24-15(3)12-18/h6,9-14,16,19,25-26H,4-5,7-8H2,1-3H3. The number of aryl methyl sites for hydroxylation is 1. The number of hydrogen-bond donors (Lipinski definition) is 2. The minimum atomic E-state index is -0.102. The Morgan fingerprint density at radius 2 is 1.85 bits per heavy atom. The maximum atomic E-state index is 9.80. The first-order valence-electron chi connectivity index (χ1n) is 9.79. The summed E-state index contributed by atoms with van der Waals surface area (Å²) in [6.07, 6.45) is 5.81. The number of pyridine rings is 1. The van der Waals surface area contributed by atoms with Crippen molar-refractivity contribution in [2.75, 3.05) is 0 Å². The Labute approximate surface area is 155 Å². The lowest BCUT2D eigenvalue weighted by atomic mass is 9.82. The molecule has 26 heavy (non-hydrogen) atoms. The second kappa shape index (κ2) is 6.88. The molecule has 2 aromatic heterocycles. The molecule has 0 saturated heterocycles. The van der Waals surface area contributed by atoms with Gasteiger partial charge in [0, 0.05) is 28.4 Å². The minimum absolute atomic E-state index is 0.102. The number of aliphatic hydroxyl groups is 1. The molecular formula is C23H28N2O. The highest BCUT2D eigenvalue weighted by Crippen LogP contribution is 2.39. The molecule has 0 atom stereocenters. The van der Waals surface area contributed by atoms with E-state index in [-0.39, 0.29) is 6.10 Å². The van der Waals surface area contributed by atoms with Crippen LogP contribution in [-0.2, 0) is 0 Å². The number of H-pyrrole nitrogens is 1. The van der Waals surface area contributed by atoms with Gasteiger partial charge in [0.1, 0.15) is 0 Å². The summed E-state index contributed by atoms with van der Waals surface area (Å²) in [6.45, 7) is 6.57. The van der Waals surface area contributed by atoms with Crippen LogP contribution >= 0.6 is 0 Å². The van der Waals surface area contributed by atoms with Gasteiger partial charge in [0.25, 0.3) is 0 Å². The van der Waals surface area contributed by atoms with Crippen molar-refractivity contribution in [2.24, 2.45) is 0 Å². The van der Waals surface area contributed by atoms with Gasteiger partial charge in [0.05, 0.1) is 11.8 Å². The van der Waals surface area contributed by atoms with Crippen molar-refractivity contribution >= 4 is 10.9 Å². The van der Waals surface area contributed by atoms with Crippen LogP contribution < -0.4 is 0 Å². The van der Waals surface area contributed by atoms with E-state index in [1.165, 1.54) is 33.3 Å². The molecule has 1 aliphatic carbocycles. The SMILES string of the molecule is Cc1cc(-c2[nH]c3ccc(C4CCC(O)CC4)cc3c2C(C)C)ccn1. The summed E-state index contributed by atoms with van der Waals surface area (Å²) < 4.78 is 0. The van der Waals surface area contributed by atoms with Crippen molar-refractivity contribution in [3.63, 3.8) is 0 Å². The Bertz CT molecular complexity index is 917. The Balaban J connectivity index is 1.81. The Kier molecular flexibility index (Phi) is 4.58. The quantitative estimate of drug-likeness (QED) is 0.639. The molecule has 1 fully saturated rings. The zero-order chi connectivity index (χ0) is 18.3. The zero-order valence-electron chi connectivity index (χ0n) is 15.9. The predicted octanol–water partition coefficient (Wildman–Crippen LogP) is 5.68. The molecule has 136 valence electrons. The van der Waals surface area contributed by atoms with Gasteiger partial charge in [-0.1, -0.05) is 19.9 Å². The maximum absolute atomic E-state index is 9.80. The van der Waals surface area contributed by atoms with E-state index in [2.05, 4.69) is 54.1 Å². The molecule has 0 unspecified atom stereocenters. The Morgan fingerprint density at radius 3 is 2.54 bits per heavy atom. The molecule has 0 radical (unpaired) electrons. The fourth-order valence-corrected chi connectivity index (χ4v) is 4.42. The smallest absolute Gasteiger partial charge is 0.0540 e. The van der Waals surface area contributed by atoms with E-state index in [0.29, 0.717) is 11.8 Å². The molecule has 2 N–H and O–H groups in total. The van der Waals surface area contributed by atoms with E-state index >= 15 is 0 Å². The average Bonchev–Trinajstić information content (AvgIpc) is 3.01. The first-order chi connectivity index (χ1) is 12.5. The average molecular weight is 348 g/mol. The monoisotopic (exact) mass is 348 g/mol. The number of aliphatic hydroxyl groups excluding tert-OH is 1. The lowest BCUT2D eigenvalue weighted by Crippen LogP contribution is -2.16. The van der Waals surface area contributed by atoms with E-state index in [1.54, 1.807) is 0 Å². The van der Waals surface area contributed by atoms with Crippen molar-refractivity contribution in [2.45, 2.75) is 64.4 Å². The van der Waals surface area contributed by atoms with Crippen molar-refractivity contribution in [1.29, 1.82) is 0 Å². The fraction of sp³-hybridized carbons (Fsp3) is 0.435. The van der Waals surface area contributed by atoms with Gasteiger partial charge in [0.15, 0.2) is 0 Å². The van der Waals surface area contributed by atoms with Gasteiger partial charge in [-0.2, -0.15) is 0 Å². The zero-order valence-corrected chi connectivity index (χ0v) is 15.9. The summed E-state index contributed by atoms with van der Waals surface area (Å²) in [6, 6.07) is 11.1. The van der Waals surface area contributed by atoms with Gasteiger partial charge < -0.3 is 10.1 Å². The second-order valence-corrected chi connectivity index (χ2v) is 8.06. The number of aromatic amines is 1. The maximum Gasteiger partial charge on any atom is 0.0540 e. The molecule has 1 saturated carbocycles. The van der Waals surface area contributed by atoms with Crippen molar-refractivity contribution in [1.82, 2.24) is 9.97 Å². The highest BCUT2D eigenvalue weighted by Gasteiger charge is 2.22. The Hall–Kier alpha value is -2.13. The lowest BCUT2D eigenvalue weighted by molar-refractivity contribution is 0.122. The number of rotatable bonds is 3. The van der Waals surface area contributed by atoms with Gasteiger partial charge in [-0.05, 0) is 79.8 Å². The number of nitrogens with one attached hydrogen (secondary N) is 1. The van der Waals surface area contributed by atoms with E-state index in [0.717, 1.165) is 31.4 Å². The third-order valence-corrected chi connectivity index (χ3v) is 5.79. The molecule has 3 aromatic rings.